The molecule has 6 nitrogen and oxygen atoms in total. The zero-order valence-corrected chi connectivity index (χ0v) is 14.7. The Balaban J connectivity index is 1.59. The lowest BCUT2D eigenvalue weighted by Crippen LogP contribution is -2.15. The van der Waals surface area contributed by atoms with Crippen molar-refractivity contribution in [2.75, 3.05) is 18.2 Å². The summed E-state index contributed by atoms with van der Waals surface area (Å²) >= 11 is 1.27. The van der Waals surface area contributed by atoms with Crippen molar-refractivity contribution >= 4 is 45.3 Å². The monoisotopic (exact) mass is 365 g/mol. The molecule has 26 heavy (non-hydrogen) atoms. The van der Waals surface area contributed by atoms with Crippen molar-refractivity contribution < 1.29 is 13.9 Å². The summed E-state index contributed by atoms with van der Waals surface area (Å²) in [7, 11) is 1.58. The van der Waals surface area contributed by atoms with Gasteiger partial charge in [0.2, 0.25) is 5.91 Å². The van der Waals surface area contributed by atoms with Crippen molar-refractivity contribution in [2.24, 2.45) is 0 Å². The summed E-state index contributed by atoms with van der Waals surface area (Å²) in [6, 6.07) is 13.2. The summed E-state index contributed by atoms with van der Waals surface area (Å²) in [5.74, 6) is 0.611. The fourth-order valence-corrected chi connectivity index (χ4v) is 3.30. The molecule has 2 heterocycles. The Morgan fingerprint density at radius 2 is 1.92 bits per heavy atom. The first-order valence-corrected chi connectivity index (χ1v) is 8.92. The highest BCUT2D eigenvalue weighted by Crippen LogP contribution is 2.36. The minimum absolute atomic E-state index is 0.170. The smallest absolute Gasteiger partial charge is 0.234 e. The van der Waals surface area contributed by atoms with Gasteiger partial charge in [-0.1, -0.05) is 30.0 Å². The summed E-state index contributed by atoms with van der Waals surface area (Å²) < 4.78 is 11.3. The highest BCUT2D eigenvalue weighted by Gasteiger charge is 2.14. The highest BCUT2D eigenvalue weighted by atomic mass is 32.2. The Hall–Kier alpha value is -3.06. The number of hydrogen-bond acceptors (Lipinski definition) is 6. The molecule has 2 aromatic carbocycles. The van der Waals surface area contributed by atoms with Gasteiger partial charge in [-0.25, -0.2) is 9.97 Å². The molecule has 130 valence electrons. The van der Waals surface area contributed by atoms with Crippen LogP contribution in [0, 0.1) is 0 Å². The van der Waals surface area contributed by atoms with Gasteiger partial charge in [-0.2, -0.15) is 0 Å². The van der Waals surface area contributed by atoms with Crippen LogP contribution in [-0.2, 0) is 4.79 Å². The molecule has 0 saturated carbocycles. The third-order valence-corrected chi connectivity index (χ3v) is 4.72. The molecule has 0 atom stereocenters. The highest BCUT2D eigenvalue weighted by molar-refractivity contribution is 7.99. The molecule has 4 rings (SSSR count). The predicted octanol–water partition coefficient (Wildman–Crippen LogP) is 4.12. The number of para-hydroxylation sites is 1. The van der Waals surface area contributed by atoms with E-state index in [0.29, 0.717) is 22.2 Å². The van der Waals surface area contributed by atoms with E-state index in [4.69, 9.17) is 9.15 Å². The number of fused-ring (bicyclic) bond motifs is 3. The molecular formula is C19H15N3O3S. The predicted molar refractivity (Wildman–Crippen MR) is 102 cm³/mol. The van der Waals surface area contributed by atoms with E-state index >= 15 is 0 Å². The molecule has 0 spiro atoms. The Labute approximate surface area is 153 Å². The van der Waals surface area contributed by atoms with E-state index in [1.165, 1.54) is 11.8 Å². The van der Waals surface area contributed by atoms with Crippen molar-refractivity contribution in [3.05, 3.63) is 54.9 Å². The topological polar surface area (TPSA) is 77.2 Å². The van der Waals surface area contributed by atoms with Gasteiger partial charge in [0, 0.05) is 29.2 Å². The van der Waals surface area contributed by atoms with Crippen LogP contribution in [0.3, 0.4) is 0 Å². The number of rotatable bonds is 5. The SMILES string of the molecule is COc1cc2c(cc1NC(=O)CSc1ncccn1)oc1ccccc12. The maximum atomic E-state index is 12.3. The summed E-state index contributed by atoms with van der Waals surface area (Å²) in [5.41, 5.74) is 2.06. The fraction of sp³-hybridized carbons (Fsp3) is 0.105. The molecule has 0 aliphatic heterocycles. The van der Waals surface area contributed by atoms with E-state index in [2.05, 4.69) is 15.3 Å². The quantitative estimate of drug-likeness (QED) is 0.423. The first-order chi connectivity index (χ1) is 12.7. The van der Waals surface area contributed by atoms with Crippen LogP contribution >= 0.6 is 11.8 Å². The summed E-state index contributed by atoms with van der Waals surface area (Å²) in [6.45, 7) is 0. The van der Waals surface area contributed by atoms with Crippen molar-refractivity contribution in [1.29, 1.82) is 0 Å². The van der Waals surface area contributed by atoms with Crippen LogP contribution < -0.4 is 10.1 Å². The molecule has 1 N–H and O–H groups in total. The second-order valence-electron chi connectivity index (χ2n) is 5.52. The number of thioether (sulfide) groups is 1. The Morgan fingerprint density at radius 1 is 1.12 bits per heavy atom. The van der Waals surface area contributed by atoms with Gasteiger partial charge in [-0.15, -0.1) is 0 Å². The largest absolute Gasteiger partial charge is 0.495 e. The number of carbonyl (C=O) groups is 1. The Kier molecular flexibility index (Phi) is 4.45. The fourth-order valence-electron chi connectivity index (χ4n) is 2.69. The first-order valence-electron chi connectivity index (χ1n) is 7.93. The van der Waals surface area contributed by atoms with Crippen LogP contribution in [0.25, 0.3) is 21.9 Å². The van der Waals surface area contributed by atoms with Crippen LogP contribution in [0.2, 0.25) is 0 Å². The van der Waals surface area contributed by atoms with Crippen molar-refractivity contribution in [3.63, 3.8) is 0 Å². The normalized spacial score (nSPS) is 11.0. The number of nitrogens with zero attached hydrogens (tertiary/aromatic N) is 2. The molecule has 2 aromatic heterocycles. The van der Waals surface area contributed by atoms with Crippen LogP contribution in [0.1, 0.15) is 0 Å². The molecule has 0 radical (unpaired) electrons. The van der Waals surface area contributed by atoms with Gasteiger partial charge in [0.15, 0.2) is 5.16 Å². The second-order valence-corrected chi connectivity index (χ2v) is 6.46. The van der Waals surface area contributed by atoms with Crippen LogP contribution in [0.5, 0.6) is 5.75 Å². The molecule has 0 aliphatic carbocycles. The number of benzene rings is 2. The van der Waals surface area contributed by atoms with E-state index < -0.39 is 0 Å². The molecule has 0 saturated heterocycles. The molecule has 7 heteroatoms. The number of ether oxygens (including phenoxy) is 1. The summed E-state index contributed by atoms with van der Waals surface area (Å²) in [5, 5.41) is 5.38. The zero-order chi connectivity index (χ0) is 17.9. The number of amides is 1. The number of methoxy groups -OCH3 is 1. The molecule has 4 aromatic rings. The number of aromatic nitrogens is 2. The molecule has 0 aliphatic rings. The summed E-state index contributed by atoms with van der Waals surface area (Å²) in [6.07, 6.45) is 3.29. The Morgan fingerprint density at radius 3 is 2.73 bits per heavy atom. The number of hydrogen-bond donors (Lipinski definition) is 1. The van der Waals surface area contributed by atoms with Crippen LogP contribution in [0.4, 0.5) is 5.69 Å². The van der Waals surface area contributed by atoms with Crippen molar-refractivity contribution in [3.8, 4) is 5.75 Å². The van der Waals surface area contributed by atoms with E-state index in [9.17, 15) is 4.79 Å². The van der Waals surface area contributed by atoms with Crippen molar-refractivity contribution in [2.45, 2.75) is 5.16 Å². The Bertz CT molecular complexity index is 1080. The van der Waals surface area contributed by atoms with Gasteiger partial charge in [0.05, 0.1) is 18.6 Å². The lowest BCUT2D eigenvalue weighted by atomic mass is 10.1. The second kappa shape index (κ2) is 7.05. The maximum Gasteiger partial charge on any atom is 0.234 e. The standard InChI is InChI=1S/C19H15N3O3S/c1-24-17-9-13-12-5-2-3-6-15(12)25-16(13)10-14(17)22-18(23)11-26-19-20-7-4-8-21-19/h2-10H,11H2,1H3,(H,22,23). The lowest BCUT2D eigenvalue weighted by molar-refractivity contribution is -0.113. The minimum Gasteiger partial charge on any atom is -0.495 e. The van der Waals surface area contributed by atoms with E-state index in [1.54, 1.807) is 31.6 Å². The average Bonchev–Trinajstić information content (AvgIpc) is 3.04. The lowest BCUT2D eigenvalue weighted by Gasteiger charge is -2.10. The average molecular weight is 365 g/mol. The molecule has 0 unspecified atom stereocenters. The number of furan rings is 1. The van der Waals surface area contributed by atoms with Gasteiger partial charge in [-0.3, -0.25) is 4.79 Å². The van der Waals surface area contributed by atoms with Crippen molar-refractivity contribution in [1.82, 2.24) is 9.97 Å². The molecular weight excluding hydrogens is 350 g/mol. The van der Waals surface area contributed by atoms with Gasteiger partial charge in [-0.05, 0) is 18.2 Å². The van der Waals surface area contributed by atoms with E-state index in [-0.39, 0.29) is 11.7 Å². The molecule has 1 amide bonds. The first kappa shape index (κ1) is 16.4. The maximum absolute atomic E-state index is 12.3. The van der Waals surface area contributed by atoms with E-state index in [0.717, 1.165) is 16.4 Å². The number of carbonyl (C=O) groups excluding carboxylic acids is 1. The third-order valence-electron chi connectivity index (χ3n) is 3.85. The van der Waals surface area contributed by atoms with Gasteiger partial charge >= 0.3 is 0 Å². The van der Waals surface area contributed by atoms with Crippen LogP contribution in [0.15, 0.2) is 64.4 Å². The summed E-state index contributed by atoms with van der Waals surface area (Å²) in [4.78, 5) is 20.5. The van der Waals surface area contributed by atoms with Gasteiger partial charge < -0.3 is 14.5 Å². The van der Waals surface area contributed by atoms with Gasteiger partial charge in [0.25, 0.3) is 0 Å². The molecule has 0 fully saturated rings. The third kappa shape index (κ3) is 3.21. The van der Waals surface area contributed by atoms with Crippen LogP contribution in [-0.4, -0.2) is 28.7 Å². The molecule has 0 bridgehead atoms. The number of nitrogens with one attached hydrogen (secondary N) is 1. The number of anilines is 1. The zero-order valence-electron chi connectivity index (χ0n) is 13.9. The minimum atomic E-state index is -0.170. The van der Waals surface area contributed by atoms with Gasteiger partial charge in [0.1, 0.15) is 16.9 Å². The van der Waals surface area contributed by atoms with E-state index in [1.807, 2.05) is 30.3 Å².